The molecular weight excluding hydrogens is 581 g/mol. The second kappa shape index (κ2) is 13.5. The molecule has 3 rings (SSSR count). The molecule has 0 fully saturated rings. The summed E-state index contributed by atoms with van der Waals surface area (Å²) in [6.07, 6.45) is 0.296. The van der Waals surface area contributed by atoms with E-state index in [1.165, 1.54) is 35.2 Å². The molecule has 0 saturated carbocycles. The van der Waals surface area contributed by atoms with Crippen LogP contribution in [0.4, 0.5) is 5.69 Å². The molecule has 0 unspecified atom stereocenters. The molecule has 0 spiro atoms. The van der Waals surface area contributed by atoms with Crippen LogP contribution < -0.4 is 9.62 Å². The van der Waals surface area contributed by atoms with E-state index in [2.05, 4.69) is 5.32 Å². The van der Waals surface area contributed by atoms with Crippen molar-refractivity contribution in [3.63, 3.8) is 0 Å². The van der Waals surface area contributed by atoms with E-state index in [0.717, 1.165) is 9.87 Å². The predicted molar refractivity (Wildman–Crippen MR) is 157 cm³/mol. The van der Waals surface area contributed by atoms with Gasteiger partial charge in [0.05, 0.1) is 15.6 Å². The summed E-state index contributed by atoms with van der Waals surface area (Å²) in [5.74, 6) is -0.964. The average Bonchev–Trinajstić information content (AvgIpc) is 2.90. The molecule has 39 heavy (non-hydrogen) atoms. The first-order valence-electron chi connectivity index (χ1n) is 12.3. The minimum Gasteiger partial charge on any atom is -0.355 e. The molecule has 208 valence electrons. The van der Waals surface area contributed by atoms with Crippen LogP contribution in [0.2, 0.25) is 15.1 Å². The van der Waals surface area contributed by atoms with Crippen molar-refractivity contribution in [3.8, 4) is 0 Å². The third-order valence-corrected chi connectivity index (χ3v) is 8.80. The second-order valence-corrected chi connectivity index (χ2v) is 12.0. The van der Waals surface area contributed by atoms with E-state index in [-0.39, 0.29) is 33.1 Å². The molecule has 11 heteroatoms. The number of hydrogen-bond acceptors (Lipinski definition) is 4. The molecule has 0 radical (unpaired) electrons. The molecule has 0 aliphatic carbocycles. The van der Waals surface area contributed by atoms with Gasteiger partial charge in [-0.15, -0.1) is 0 Å². The number of nitrogens with one attached hydrogen (secondary N) is 1. The summed E-state index contributed by atoms with van der Waals surface area (Å²) in [5.41, 5.74) is 1.53. The number of benzene rings is 3. The van der Waals surface area contributed by atoms with E-state index in [0.29, 0.717) is 23.6 Å². The SMILES string of the molecule is CCNC(=O)[C@H](CC)N(Cc1ccccc1Cl)C(=O)CN(c1cc(Cl)ccc1Cl)S(=O)(=O)c1ccc(C)cc1. The van der Waals surface area contributed by atoms with Gasteiger partial charge in [0.15, 0.2) is 0 Å². The number of halogens is 3. The number of carbonyl (C=O) groups excluding carboxylic acids is 2. The maximum absolute atomic E-state index is 14.0. The molecule has 0 saturated heterocycles. The lowest BCUT2D eigenvalue weighted by Gasteiger charge is -2.33. The van der Waals surface area contributed by atoms with Gasteiger partial charge in [-0.1, -0.05) is 77.6 Å². The number of amides is 2. The highest BCUT2D eigenvalue weighted by molar-refractivity contribution is 7.92. The lowest BCUT2D eigenvalue weighted by atomic mass is 10.1. The van der Waals surface area contributed by atoms with Crippen molar-refractivity contribution in [2.24, 2.45) is 0 Å². The third kappa shape index (κ3) is 7.45. The van der Waals surface area contributed by atoms with Gasteiger partial charge in [-0.25, -0.2) is 8.42 Å². The number of likely N-dealkylation sites (N-methyl/N-ethyl adjacent to an activating group) is 1. The zero-order valence-corrected chi connectivity index (χ0v) is 24.9. The van der Waals surface area contributed by atoms with Crippen LogP contribution in [0.15, 0.2) is 71.6 Å². The molecule has 0 aliphatic rings. The number of aryl methyl sites for hydroxylation is 1. The van der Waals surface area contributed by atoms with Gasteiger partial charge >= 0.3 is 0 Å². The van der Waals surface area contributed by atoms with Crippen LogP contribution in [0.25, 0.3) is 0 Å². The Morgan fingerprint density at radius 1 is 0.923 bits per heavy atom. The normalized spacial score (nSPS) is 12.1. The summed E-state index contributed by atoms with van der Waals surface area (Å²) >= 11 is 19.0. The first kappa shape index (κ1) is 30.8. The van der Waals surface area contributed by atoms with Gasteiger partial charge in [0.2, 0.25) is 11.8 Å². The molecule has 0 aliphatic heterocycles. The van der Waals surface area contributed by atoms with Crippen molar-refractivity contribution < 1.29 is 18.0 Å². The monoisotopic (exact) mass is 609 g/mol. The summed E-state index contributed by atoms with van der Waals surface area (Å²) in [6.45, 7) is 5.13. The second-order valence-electron chi connectivity index (χ2n) is 8.85. The molecule has 0 aromatic heterocycles. The molecule has 3 aromatic carbocycles. The predicted octanol–water partition coefficient (Wildman–Crippen LogP) is 6.09. The Hall–Kier alpha value is -2.78. The highest BCUT2D eigenvalue weighted by Gasteiger charge is 2.34. The topological polar surface area (TPSA) is 86.8 Å². The molecule has 1 N–H and O–H groups in total. The van der Waals surface area contributed by atoms with Crippen molar-refractivity contribution in [2.45, 2.75) is 44.7 Å². The van der Waals surface area contributed by atoms with Gasteiger partial charge in [0.1, 0.15) is 12.6 Å². The van der Waals surface area contributed by atoms with Crippen molar-refractivity contribution in [1.82, 2.24) is 10.2 Å². The molecule has 0 heterocycles. The number of sulfonamides is 1. The van der Waals surface area contributed by atoms with Gasteiger partial charge < -0.3 is 10.2 Å². The maximum atomic E-state index is 14.0. The van der Waals surface area contributed by atoms with E-state index < -0.39 is 28.5 Å². The van der Waals surface area contributed by atoms with E-state index in [9.17, 15) is 18.0 Å². The van der Waals surface area contributed by atoms with Crippen LogP contribution in [0.5, 0.6) is 0 Å². The minimum absolute atomic E-state index is 0.00412. The van der Waals surface area contributed by atoms with Crippen molar-refractivity contribution in [1.29, 1.82) is 0 Å². The minimum atomic E-state index is -4.27. The summed E-state index contributed by atoms with van der Waals surface area (Å²) in [4.78, 5) is 28.3. The number of rotatable bonds is 11. The quantitative estimate of drug-likeness (QED) is 0.285. The Kier molecular flexibility index (Phi) is 10.7. The summed E-state index contributed by atoms with van der Waals surface area (Å²) in [5, 5.41) is 3.52. The van der Waals surface area contributed by atoms with Crippen LogP contribution in [0, 0.1) is 6.92 Å². The Bertz CT molecular complexity index is 1430. The zero-order chi connectivity index (χ0) is 28.7. The van der Waals surface area contributed by atoms with Crippen LogP contribution in [-0.4, -0.2) is 44.3 Å². The zero-order valence-electron chi connectivity index (χ0n) is 21.8. The highest BCUT2D eigenvalue weighted by atomic mass is 35.5. The largest absolute Gasteiger partial charge is 0.355 e. The van der Waals surface area contributed by atoms with Gasteiger partial charge in [-0.2, -0.15) is 0 Å². The van der Waals surface area contributed by atoms with Crippen molar-refractivity contribution in [2.75, 3.05) is 17.4 Å². The highest BCUT2D eigenvalue weighted by Crippen LogP contribution is 2.33. The lowest BCUT2D eigenvalue weighted by Crippen LogP contribution is -2.52. The van der Waals surface area contributed by atoms with Crippen molar-refractivity contribution in [3.05, 3.63) is 92.9 Å². The number of anilines is 1. The Balaban J connectivity index is 2.12. The number of carbonyl (C=O) groups is 2. The molecule has 7 nitrogen and oxygen atoms in total. The Morgan fingerprint density at radius 2 is 1.59 bits per heavy atom. The first-order valence-corrected chi connectivity index (χ1v) is 14.9. The summed E-state index contributed by atoms with van der Waals surface area (Å²) in [6, 6.07) is 16.7. The fraction of sp³-hybridized carbons (Fsp3) is 0.286. The van der Waals surface area contributed by atoms with E-state index in [1.807, 2.05) is 6.92 Å². The average molecular weight is 611 g/mol. The van der Waals surface area contributed by atoms with Gasteiger partial charge in [0, 0.05) is 23.1 Å². The molecule has 2 amide bonds. The first-order chi connectivity index (χ1) is 18.5. The molecule has 3 aromatic rings. The summed E-state index contributed by atoms with van der Waals surface area (Å²) < 4.78 is 28.7. The van der Waals surface area contributed by atoms with E-state index >= 15 is 0 Å². The lowest BCUT2D eigenvalue weighted by molar-refractivity contribution is -0.140. The Morgan fingerprint density at radius 3 is 2.21 bits per heavy atom. The Labute approximate surface area is 244 Å². The summed E-state index contributed by atoms with van der Waals surface area (Å²) in [7, 11) is -4.27. The van der Waals surface area contributed by atoms with Crippen LogP contribution in [-0.2, 0) is 26.2 Å². The van der Waals surface area contributed by atoms with E-state index in [4.69, 9.17) is 34.8 Å². The molecular formula is C28H30Cl3N3O4S. The molecule has 1 atom stereocenters. The van der Waals surface area contributed by atoms with Crippen LogP contribution >= 0.6 is 34.8 Å². The standard InChI is InChI=1S/C28H30Cl3N3O4S/c1-4-25(28(36)32-5-2)33(17-20-8-6-7-9-23(20)30)27(35)18-34(26-16-21(29)12-15-24(26)31)39(37,38)22-13-10-19(3)11-14-22/h6-16,25H,4-5,17-18H2,1-3H3,(H,32,36)/t25-/m0/s1. The fourth-order valence-electron chi connectivity index (χ4n) is 4.05. The van der Waals surface area contributed by atoms with Crippen LogP contribution in [0.3, 0.4) is 0 Å². The van der Waals surface area contributed by atoms with Gasteiger partial charge in [-0.3, -0.25) is 13.9 Å². The van der Waals surface area contributed by atoms with Gasteiger partial charge in [-0.05, 0) is 62.2 Å². The van der Waals surface area contributed by atoms with E-state index in [1.54, 1.807) is 50.2 Å². The third-order valence-electron chi connectivity index (χ3n) is 6.10. The van der Waals surface area contributed by atoms with Crippen molar-refractivity contribution >= 4 is 62.3 Å². The number of hydrogen-bond donors (Lipinski definition) is 1. The smallest absolute Gasteiger partial charge is 0.264 e. The fourth-order valence-corrected chi connectivity index (χ4v) is 6.11. The van der Waals surface area contributed by atoms with Crippen LogP contribution in [0.1, 0.15) is 31.4 Å². The number of nitrogens with zero attached hydrogens (tertiary/aromatic N) is 2. The molecule has 0 bridgehead atoms. The van der Waals surface area contributed by atoms with Gasteiger partial charge in [0.25, 0.3) is 10.0 Å². The maximum Gasteiger partial charge on any atom is 0.264 e.